The van der Waals surface area contributed by atoms with Crippen LogP contribution in [0.1, 0.15) is 12.0 Å². The minimum Gasteiger partial charge on any atom is -0.497 e. The van der Waals surface area contributed by atoms with Gasteiger partial charge in [0.05, 0.1) is 25.8 Å². The predicted octanol–water partition coefficient (Wildman–Crippen LogP) is 3.96. The van der Waals surface area contributed by atoms with E-state index in [0.29, 0.717) is 22.4 Å². The van der Waals surface area contributed by atoms with Crippen LogP contribution in [-0.4, -0.2) is 39.4 Å². The van der Waals surface area contributed by atoms with Crippen LogP contribution in [0, 0.1) is 0 Å². The lowest BCUT2D eigenvalue weighted by Crippen LogP contribution is -2.32. The van der Waals surface area contributed by atoms with E-state index in [-0.39, 0.29) is 12.3 Å². The molecule has 1 unspecified atom stereocenters. The highest BCUT2D eigenvalue weighted by Crippen LogP contribution is 2.33. The molecule has 0 saturated carbocycles. The van der Waals surface area contributed by atoms with Gasteiger partial charge in [-0.1, -0.05) is 35.5 Å². The molecule has 1 fully saturated rings. The van der Waals surface area contributed by atoms with Gasteiger partial charge in [-0.2, -0.15) is 0 Å². The SMILES string of the molecule is COc1ccc(CN2C(=O)C(CC(=O)O)SC2=Nc2ccc(Cl)cc2)cc1. The molecular weight excluding hydrogens is 388 g/mol. The van der Waals surface area contributed by atoms with Crippen LogP contribution < -0.4 is 4.74 Å². The highest BCUT2D eigenvalue weighted by Gasteiger charge is 2.39. The van der Waals surface area contributed by atoms with Crippen LogP contribution in [0.2, 0.25) is 5.02 Å². The van der Waals surface area contributed by atoms with Crippen LogP contribution in [-0.2, 0) is 16.1 Å². The van der Waals surface area contributed by atoms with E-state index in [4.69, 9.17) is 21.4 Å². The molecule has 1 heterocycles. The van der Waals surface area contributed by atoms with Crippen LogP contribution >= 0.6 is 23.4 Å². The van der Waals surface area contributed by atoms with Crippen molar-refractivity contribution in [2.75, 3.05) is 7.11 Å². The van der Waals surface area contributed by atoms with Crippen LogP contribution in [0.3, 0.4) is 0 Å². The number of aliphatic imine (C=N–C) groups is 1. The zero-order valence-electron chi connectivity index (χ0n) is 14.5. The van der Waals surface area contributed by atoms with Crippen molar-refractivity contribution in [2.45, 2.75) is 18.2 Å². The molecule has 27 heavy (non-hydrogen) atoms. The van der Waals surface area contributed by atoms with E-state index in [1.54, 1.807) is 31.4 Å². The summed E-state index contributed by atoms with van der Waals surface area (Å²) in [5.74, 6) is -0.552. The van der Waals surface area contributed by atoms with Gasteiger partial charge in [0.2, 0.25) is 5.91 Å². The number of carbonyl (C=O) groups excluding carboxylic acids is 1. The van der Waals surface area contributed by atoms with E-state index in [2.05, 4.69) is 4.99 Å². The monoisotopic (exact) mass is 404 g/mol. The van der Waals surface area contributed by atoms with E-state index >= 15 is 0 Å². The van der Waals surface area contributed by atoms with Gasteiger partial charge in [0.25, 0.3) is 0 Å². The molecule has 1 aliphatic heterocycles. The minimum atomic E-state index is -1.02. The molecule has 0 radical (unpaired) electrons. The number of rotatable bonds is 6. The van der Waals surface area contributed by atoms with Crippen LogP contribution in [0.4, 0.5) is 5.69 Å². The molecule has 6 nitrogen and oxygen atoms in total. The summed E-state index contributed by atoms with van der Waals surface area (Å²) < 4.78 is 5.15. The van der Waals surface area contributed by atoms with Gasteiger partial charge in [-0.15, -0.1) is 0 Å². The number of amides is 1. The van der Waals surface area contributed by atoms with Gasteiger partial charge in [0, 0.05) is 5.02 Å². The summed E-state index contributed by atoms with van der Waals surface area (Å²) in [7, 11) is 1.59. The summed E-state index contributed by atoms with van der Waals surface area (Å²) >= 11 is 7.07. The van der Waals surface area contributed by atoms with Gasteiger partial charge >= 0.3 is 5.97 Å². The maximum absolute atomic E-state index is 12.7. The number of hydrogen-bond donors (Lipinski definition) is 1. The largest absolute Gasteiger partial charge is 0.497 e. The Balaban J connectivity index is 1.88. The number of nitrogens with zero attached hydrogens (tertiary/aromatic N) is 2. The Labute approximate surface area is 165 Å². The summed E-state index contributed by atoms with van der Waals surface area (Å²) in [6.45, 7) is 0.304. The maximum Gasteiger partial charge on any atom is 0.305 e. The van der Waals surface area contributed by atoms with Gasteiger partial charge in [0.15, 0.2) is 5.17 Å². The summed E-state index contributed by atoms with van der Waals surface area (Å²) in [5, 5.41) is 9.46. The molecule has 3 rings (SSSR count). The fraction of sp³-hybridized carbons (Fsp3) is 0.211. The first-order valence-electron chi connectivity index (χ1n) is 8.13. The number of carbonyl (C=O) groups is 2. The molecule has 2 aromatic carbocycles. The normalized spacial score (nSPS) is 18.1. The van der Waals surface area contributed by atoms with E-state index in [1.807, 2.05) is 24.3 Å². The molecule has 0 aromatic heterocycles. The van der Waals surface area contributed by atoms with Gasteiger partial charge < -0.3 is 9.84 Å². The van der Waals surface area contributed by atoms with Crippen LogP contribution in [0.25, 0.3) is 0 Å². The zero-order valence-corrected chi connectivity index (χ0v) is 16.0. The molecule has 1 aliphatic rings. The average molecular weight is 405 g/mol. The smallest absolute Gasteiger partial charge is 0.305 e. The number of halogens is 1. The first-order valence-corrected chi connectivity index (χ1v) is 9.39. The number of aliphatic carboxylic acids is 1. The summed E-state index contributed by atoms with van der Waals surface area (Å²) in [4.78, 5) is 29.9. The first kappa shape index (κ1) is 19.3. The minimum absolute atomic E-state index is 0.248. The number of carboxylic acid groups (broad SMARTS) is 1. The van der Waals surface area contributed by atoms with Gasteiger partial charge in [0.1, 0.15) is 11.0 Å². The van der Waals surface area contributed by atoms with Gasteiger partial charge in [-0.05, 0) is 42.0 Å². The molecule has 1 amide bonds. The van der Waals surface area contributed by atoms with Gasteiger partial charge in [-0.25, -0.2) is 4.99 Å². The number of amidine groups is 1. The van der Waals surface area contributed by atoms with Crippen molar-refractivity contribution in [3.63, 3.8) is 0 Å². The summed E-state index contributed by atoms with van der Waals surface area (Å²) in [5.41, 5.74) is 1.54. The van der Waals surface area contributed by atoms with E-state index in [9.17, 15) is 9.59 Å². The lowest BCUT2D eigenvalue weighted by molar-refractivity contribution is -0.139. The third kappa shape index (κ3) is 4.81. The molecule has 1 atom stereocenters. The number of carboxylic acids is 1. The number of benzene rings is 2. The van der Waals surface area contributed by atoms with Crippen molar-refractivity contribution in [1.82, 2.24) is 4.90 Å². The average Bonchev–Trinajstić information content (AvgIpc) is 2.92. The second kappa shape index (κ2) is 8.45. The standard InChI is InChI=1S/C19H17ClN2O4S/c1-26-15-8-2-12(3-9-15)11-22-18(25)16(10-17(23)24)27-19(22)21-14-6-4-13(20)5-7-14/h2-9,16H,10-11H2,1H3,(H,23,24). The number of ether oxygens (including phenoxy) is 1. The van der Waals surface area contributed by atoms with Crippen LogP contribution in [0.15, 0.2) is 53.5 Å². The molecule has 2 aromatic rings. The Bertz CT molecular complexity index is 868. The fourth-order valence-corrected chi connectivity index (χ4v) is 3.84. The van der Waals surface area contributed by atoms with E-state index in [0.717, 1.165) is 11.3 Å². The quantitative estimate of drug-likeness (QED) is 0.788. The highest BCUT2D eigenvalue weighted by molar-refractivity contribution is 8.15. The van der Waals surface area contributed by atoms with Crippen molar-refractivity contribution in [1.29, 1.82) is 0 Å². The Kier molecular flexibility index (Phi) is 6.03. The number of methoxy groups -OCH3 is 1. The molecule has 1 saturated heterocycles. The molecule has 1 N–H and O–H groups in total. The lowest BCUT2D eigenvalue weighted by Gasteiger charge is -2.16. The molecular formula is C19H17ClN2O4S. The Morgan fingerprint density at radius 3 is 2.48 bits per heavy atom. The third-order valence-electron chi connectivity index (χ3n) is 3.93. The summed E-state index contributed by atoms with van der Waals surface area (Å²) in [6.07, 6.45) is -0.248. The van der Waals surface area contributed by atoms with Crippen molar-refractivity contribution in [3.05, 3.63) is 59.1 Å². The molecule has 0 bridgehead atoms. The first-order chi connectivity index (χ1) is 13.0. The Morgan fingerprint density at radius 1 is 1.22 bits per heavy atom. The molecule has 8 heteroatoms. The van der Waals surface area contributed by atoms with E-state index in [1.165, 1.54) is 16.7 Å². The second-order valence-electron chi connectivity index (χ2n) is 5.85. The fourth-order valence-electron chi connectivity index (χ4n) is 2.57. The summed E-state index contributed by atoms with van der Waals surface area (Å²) in [6, 6.07) is 14.3. The predicted molar refractivity (Wildman–Crippen MR) is 106 cm³/mol. The Hall–Kier alpha value is -2.51. The molecule has 0 aliphatic carbocycles. The van der Waals surface area contributed by atoms with Gasteiger partial charge in [-0.3, -0.25) is 14.5 Å². The topological polar surface area (TPSA) is 79.2 Å². The van der Waals surface area contributed by atoms with Crippen molar-refractivity contribution >= 4 is 46.1 Å². The third-order valence-corrected chi connectivity index (χ3v) is 5.36. The number of thioether (sulfide) groups is 1. The zero-order chi connectivity index (χ0) is 19.4. The molecule has 140 valence electrons. The maximum atomic E-state index is 12.7. The number of hydrogen-bond acceptors (Lipinski definition) is 5. The van der Waals surface area contributed by atoms with Crippen molar-refractivity contribution in [2.24, 2.45) is 4.99 Å². The van der Waals surface area contributed by atoms with Crippen molar-refractivity contribution < 1.29 is 19.4 Å². The van der Waals surface area contributed by atoms with Crippen LogP contribution in [0.5, 0.6) is 5.75 Å². The molecule has 0 spiro atoms. The van der Waals surface area contributed by atoms with E-state index < -0.39 is 11.2 Å². The Morgan fingerprint density at radius 2 is 1.89 bits per heavy atom. The second-order valence-corrected chi connectivity index (χ2v) is 7.45. The lowest BCUT2D eigenvalue weighted by atomic mass is 10.2. The highest BCUT2D eigenvalue weighted by atomic mass is 35.5. The van der Waals surface area contributed by atoms with Crippen molar-refractivity contribution in [3.8, 4) is 5.75 Å².